The van der Waals surface area contributed by atoms with Crippen molar-refractivity contribution in [3.63, 3.8) is 0 Å². The van der Waals surface area contributed by atoms with Crippen LogP contribution in [0.2, 0.25) is 0 Å². The van der Waals surface area contributed by atoms with E-state index < -0.39 is 0 Å². The first-order chi connectivity index (χ1) is 12.8. The van der Waals surface area contributed by atoms with Gasteiger partial charge in [0.05, 0.1) is 0 Å². The van der Waals surface area contributed by atoms with Crippen LogP contribution < -0.4 is 0 Å². The fraction of sp³-hybridized carbons (Fsp3) is 0.348. The van der Waals surface area contributed by atoms with Gasteiger partial charge in [-0.05, 0) is 42.5 Å². The zero-order valence-corrected chi connectivity index (χ0v) is 15.4. The lowest BCUT2D eigenvalue weighted by molar-refractivity contribution is 0.0793. The Labute approximate surface area is 156 Å². The standard InChI is InChI=1S/C23H28N2O/c1-2-15-24(18-14-20-8-4-3-5-9-20)19-21-10-12-22(13-11-21)23(26)25-16-6-7-17-25/h2-5,8-13H,1,6-7,14-19H2. The fourth-order valence-electron chi connectivity index (χ4n) is 3.46. The molecule has 0 radical (unpaired) electrons. The molecule has 2 aromatic carbocycles. The van der Waals surface area contributed by atoms with Gasteiger partial charge in [0.2, 0.25) is 0 Å². The topological polar surface area (TPSA) is 23.6 Å². The minimum Gasteiger partial charge on any atom is -0.339 e. The number of amides is 1. The van der Waals surface area contributed by atoms with Crippen LogP contribution in [0.4, 0.5) is 0 Å². The quantitative estimate of drug-likeness (QED) is 0.669. The van der Waals surface area contributed by atoms with Crippen molar-refractivity contribution in [3.05, 3.63) is 83.9 Å². The van der Waals surface area contributed by atoms with Crippen LogP contribution >= 0.6 is 0 Å². The third kappa shape index (κ3) is 5.06. The van der Waals surface area contributed by atoms with Gasteiger partial charge in [0.1, 0.15) is 0 Å². The highest BCUT2D eigenvalue weighted by atomic mass is 16.2. The normalized spacial score (nSPS) is 14.0. The second kappa shape index (κ2) is 9.35. The van der Waals surface area contributed by atoms with E-state index in [1.54, 1.807) is 0 Å². The van der Waals surface area contributed by atoms with Crippen LogP contribution in [0.15, 0.2) is 67.3 Å². The van der Waals surface area contributed by atoms with E-state index in [4.69, 9.17) is 0 Å². The molecule has 26 heavy (non-hydrogen) atoms. The maximum absolute atomic E-state index is 12.4. The Balaban J connectivity index is 1.57. The summed E-state index contributed by atoms with van der Waals surface area (Å²) in [5, 5.41) is 0. The molecule has 2 aromatic rings. The zero-order chi connectivity index (χ0) is 18.2. The van der Waals surface area contributed by atoms with Crippen molar-refractivity contribution in [3.8, 4) is 0 Å². The van der Waals surface area contributed by atoms with Gasteiger partial charge in [-0.1, -0.05) is 48.5 Å². The van der Waals surface area contributed by atoms with Crippen molar-refractivity contribution in [2.24, 2.45) is 0 Å². The number of benzene rings is 2. The average molecular weight is 348 g/mol. The molecule has 0 atom stereocenters. The summed E-state index contributed by atoms with van der Waals surface area (Å²) in [6.07, 6.45) is 5.24. The molecule has 3 heteroatoms. The molecule has 3 rings (SSSR count). The Morgan fingerprint density at radius 1 is 1.00 bits per heavy atom. The summed E-state index contributed by atoms with van der Waals surface area (Å²) in [7, 11) is 0. The monoisotopic (exact) mass is 348 g/mol. The SMILES string of the molecule is C=CCN(CCc1ccccc1)Cc1ccc(C(=O)N2CCCC2)cc1. The maximum Gasteiger partial charge on any atom is 0.253 e. The number of carbonyl (C=O) groups is 1. The molecular formula is C23H28N2O. The summed E-state index contributed by atoms with van der Waals surface area (Å²) in [4.78, 5) is 16.8. The van der Waals surface area contributed by atoms with E-state index in [1.807, 2.05) is 23.1 Å². The van der Waals surface area contributed by atoms with Crippen molar-refractivity contribution in [2.45, 2.75) is 25.8 Å². The first-order valence-electron chi connectivity index (χ1n) is 9.51. The van der Waals surface area contributed by atoms with E-state index in [0.29, 0.717) is 0 Å². The molecule has 1 aliphatic rings. The maximum atomic E-state index is 12.4. The largest absolute Gasteiger partial charge is 0.339 e. The molecule has 0 N–H and O–H groups in total. The molecular weight excluding hydrogens is 320 g/mol. The number of rotatable bonds is 8. The number of nitrogens with zero attached hydrogens (tertiary/aromatic N) is 2. The molecule has 1 amide bonds. The summed E-state index contributed by atoms with van der Waals surface area (Å²) in [6.45, 7) is 8.40. The second-order valence-corrected chi connectivity index (χ2v) is 6.96. The van der Waals surface area contributed by atoms with Crippen LogP contribution in [0.5, 0.6) is 0 Å². The van der Waals surface area contributed by atoms with Gasteiger partial charge < -0.3 is 4.90 Å². The smallest absolute Gasteiger partial charge is 0.253 e. The minimum absolute atomic E-state index is 0.168. The van der Waals surface area contributed by atoms with Crippen molar-refractivity contribution >= 4 is 5.91 Å². The third-order valence-corrected chi connectivity index (χ3v) is 4.95. The molecule has 1 heterocycles. The molecule has 0 saturated carbocycles. The molecule has 0 unspecified atom stereocenters. The van der Waals surface area contributed by atoms with Crippen molar-refractivity contribution < 1.29 is 4.79 Å². The van der Waals surface area contributed by atoms with Crippen LogP contribution in [0.3, 0.4) is 0 Å². The van der Waals surface area contributed by atoms with Crippen LogP contribution in [0.1, 0.15) is 34.3 Å². The predicted octanol–water partition coefficient (Wildman–Crippen LogP) is 4.15. The van der Waals surface area contributed by atoms with Crippen LogP contribution in [0, 0.1) is 0 Å². The van der Waals surface area contributed by atoms with Crippen LogP contribution in [-0.2, 0) is 13.0 Å². The lowest BCUT2D eigenvalue weighted by atomic mass is 10.1. The van der Waals surface area contributed by atoms with Gasteiger partial charge in [0.25, 0.3) is 5.91 Å². The highest BCUT2D eigenvalue weighted by molar-refractivity contribution is 5.94. The number of carbonyl (C=O) groups excluding carboxylic acids is 1. The highest BCUT2D eigenvalue weighted by Gasteiger charge is 2.19. The second-order valence-electron chi connectivity index (χ2n) is 6.96. The summed E-state index contributed by atoms with van der Waals surface area (Å²) in [5.74, 6) is 0.168. The Hall–Kier alpha value is -2.39. The molecule has 1 fully saturated rings. The Morgan fingerprint density at radius 2 is 1.69 bits per heavy atom. The molecule has 0 aromatic heterocycles. The summed E-state index contributed by atoms with van der Waals surface area (Å²) in [6, 6.07) is 18.7. The lowest BCUT2D eigenvalue weighted by Gasteiger charge is -2.21. The van der Waals surface area contributed by atoms with E-state index in [-0.39, 0.29) is 5.91 Å². The van der Waals surface area contributed by atoms with Gasteiger partial charge in [0, 0.05) is 38.3 Å². The van der Waals surface area contributed by atoms with E-state index in [9.17, 15) is 4.79 Å². The van der Waals surface area contributed by atoms with Gasteiger partial charge in [-0.15, -0.1) is 6.58 Å². The van der Waals surface area contributed by atoms with Crippen molar-refractivity contribution in [2.75, 3.05) is 26.2 Å². The fourth-order valence-corrected chi connectivity index (χ4v) is 3.46. The predicted molar refractivity (Wildman–Crippen MR) is 107 cm³/mol. The van der Waals surface area contributed by atoms with Crippen molar-refractivity contribution in [1.29, 1.82) is 0 Å². The molecule has 1 aliphatic heterocycles. The summed E-state index contributed by atoms with van der Waals surface area (Å²) < 4.78 is 0. The van der Waals surface area contributed by atoms with Gasteiger partial charge >= 0.3 is 0 Å². The Morgan fingerprint density at radius 3 is 2.35 bits per heavy atom. The summed E-state index contributed by atoms with van der Waals surface area (Å²) in [5.41, 5.74) is 3.39. The van der Waals surface area contributed by atoms with Gasteiger partial charge in [-0.2, -0.15) is 0 Å². The lowest BCUT2D eigenvalue weighted by Crippen LogP contribution is -2.28. The first kappa shape index (κ1) is 18.4. The number of likely N-dealkylation sites (tertiary alicyclic amines) is 1. The number of hydrogen-bond donors (Lipinski definition) is 0. The van der Waals surface area contributed by atoms with Gasteiger partial charge in [-0.25, -0.2) is 0 Å². The molecule has 3 nitrogen and oxygen atoms in total. The molecule has 1 saturated heterocycles. The Kier molecular flexibility index (Phi) is 6.62. The highest BCUT2D eigenvalue weighted by Crippen LogP contribution is 2.15. The number of hydrogen-bond acceptors (Lipinski definition) is 2. The van der Waals surface area contributed by atoms with Crippen LogP contribution in [-0.4, -0.2) is 41.9 Å². The molecule has 0 bridgehead atoms. The van der Waals surface area contributed by atoms with Crippen molar-refractivity contribution in [1.82, 2.24) is 9.80 Å². The third-order valence-electron chi connectivity index (χ3n) is 4.95. The molecule has 0 spiro atoms. The molecule has 136 valence electrons. The van der Waals surface area contributed by atoms with E-state index in [0.717, 1.165) is 57.5 Å². The van der Waals surface area contributed by atoms with Gasteiger partial charge in [0.15, 0.2) is 0 Å². The van der Waals surface area contributed by atoms with Gasteiger partial charge in [-0.3, -0.25) is 9.69 Å². The zero-order valence-electron chi connectivity index (χ0n) is 15.4. The molecule has 0 aliphatic carbocycles. The van der Waals surface area contributed by atoms with E-state index in [1.165, 1.54) is 11.1 Å². The van der Waals surface area contributed by atoms with E-state index >= 15 is 0 Å². The first-order valence-corrected chi connectivity index (χ1v) is 9.51. The summed E-state index contributed by atoms with van der Waals surface area (Å²) >= 11 is 0. The average Bonchev–Trinajstić information content (AvgIpc) is 3.22. The minimum atomic E-state index is 0.168. The van der Waals surface area contributed by atoms with E-state index in [2.05, 4.69) is 53.9 Å². The van der Waals surface area contributed by atoms with Crippen LogP contribution in [0.25, 0.3) is 0 Å². The Bertz CT molecular complexity index is 703.